The highest BCUT2D eigenvalue weighted by molar-refractivity contribution is 5.33. The molecule has 0 amide bonds. The molecule has 3 N–H and O–H groups in total. The molecule has 0 aliphatic heterocycles. The fraction of sp³-hybridized carbons (Fsp3) is 0.333. The van der Waals surface area contributed by atoms with Gasteiger partial charge in [-0.05, 0) is 40.8 Å². The molecule has 27 heavy (non-hydrogen) atoms. The van der Waals surface area contributed by atoms with Gasteiger partial charge in [-0.3, -0.25) is 5.10 Å². The zero-order valence-corrected chi connectivity index (χ0v) is 16.2. The van der Waals surface area contributed by atoms with Gasteiger partial charge in [0.25, 0.3) is 0 Å². The van der Waals surface area contributed by atoms with Gasteiger partial charge in [0.15, 0.2) is 11.6 Å². The second-order valence-corrected chi connectivity index (χ2v) is 7.46. The number of aromatic amines is 1. The summed E-state index contributed by atoms with van der Waals surface area (Å²) in [6.07, 6.45) is 0. The Morgan fingerprint density at radius 2 is 1.81 bits per heavy atom. The summed E-state index contributed by atoms with van der Waals surface area (Å²) >= 11 is 0. The van der Waals surface area contributed by atoms with E-state index in [1.807, 2.05) is 36.4 Å². The number of aromatic nitrogens is 3. The molecule has 1 atom stereocenters. The van der Waals surface area contributed by atoms with Crippen LogP contribution in [0.5, 0.6) is 11.5 Å². The van der Waals surface area contributed by atoms with Crippen molar-refractivity contribution < 1.29 is 9.47 Å². The molecule has 142 valence electrons. The number of nitrogens with one attached hydrogen (secondary N) is 1. The molecule has 3 aromatic rings. The number of methoxy groups -OCH3 is 1. The smallest absolute Gasteiger partial charge is 0.172 e. The van der Waals surface area contributed by atoms with Crippen molar-refractivity contribution >= 4 is 0 Å². The zero-order valence-electron chi connectivity index (χ0n) is 16.2. The van der Waals surface area contributed by atoms with Gasteiger partial charge in [0.1, 0.15) is 18.1 Å². The summed E-state index contributed by atoms with van der Waals surface area (Å²) in [6.45, 7) is 6.85. The lowest BCUT2D eigenvalue weighted by Crippen LogP contribution is -2.13. The summed E-state index contributed by atoms with van der Waals surface area (Å²) < 4.78 is 11.0. The molecule has 0 saturated carbocycles. The van der Waals surface area contributed by atoms with E-state index in [1.54, 1.807) is 7.11 Å². The molecular weight excluding hydrogens is 340 g/mol. The van der Waals surface area contributed by atoms with Crippen molar-refractivity contribution in [2.45, 2.75) is 38.8 Å². The van der Waals surface area contributed by atoms with Gasteiger partial charge in [0, 0.05) is 0 Å². The standard InChI is InChI=1S/C21H26N4O2/c1-21(2,3)15-8-10-16(11-9-15)27-13-18-23-20(25-24-18)19(22)14-6-5-7-17(12-14)26-4/h5-12,19H,13,22H2,1-4H3,(H,23,24,25)/t19-/m0/s1. The number of H-pyrrole nitrogens is 1. The van der Waals surface area contributed by atoms with Crippen LogP contribution in [-0.2, 0) is 12.0 Å². The molecule has 0 unspecified atom stereocenters. The predicted molar refractivity (Wildman–Crippen MR) is 105 cm³/mol. The van der Waals surface area contributed by atoms with Gasteiger partial charge in [-0.1, -0.05) is 45.0 Å². The van der Waals surface area contributed by atoms with Crippen LogP contribution in [0.3, 0.4) is 0 Å². The van der Waals surface area contributed by atoms with Crippen LogP contribution in [0.25, 0.3) is 0 Å². The Labute approximate surface area is 159 Å². The summed E-state index contributed by atoms with van der Waals surface area (Å²) in [6, 6.07) is 15.3. The van der Waals surface area contributed by atoms with Crippen LogP contribution in [0, 0.1) is 0 Å². The molecule has 0 bridgehead atoms. The van der Waals surface area contributed by atoms with Gasteiger partial charge in [-0.2, -0.15) is 5.10 Å². The van der Waals surface area contributed by atoms with Crippen LogP contribution >= 0.6 is 0 Å². The molecule has 0 saturated heterocycles. The third-order valence-corrected chi connectivity index (χ3v) is 4.38. The minimum Gasteiger partial charge on any atom is -0.497 e. The predicted octanol–water partition coefficient (Wildman–Crippen LogP) is 3.74. The summed E-state index contributed by atoms with van der Waals surface area (Å²) in [5.74, 6) is 2.69. The van der Waals surface area contributed by atoms with E-state index in [1.165, 1.54) is 5.56 Å². The van der Waals surface area contributed by atoms with E-state index in [2.05, 4.69) is 48.1 Å². The number of hydrogen-bond donors (Lipinski definition) is 2. The Balaban J connectivity index is 1.64. The maximum Gasteiger partial charge on any atom is 0.172 e. The highest BCUT2D eigenvalue weighted by atomic mass is 16.5. The maximum atomic E-state index is 6.28. The average molecular weight is 366 g/mol. The lowest BCUT2D eigenvalue weighted by molar-refractivity contribution is 0.296. The molecule has 2 aromatic carbocycles. The first-order chi connectivity index (χ1) is 12.9. The van der Waals surface area contributed by atoms with E-state index in [0.717, 1.165) is 17.1 Å². The summed E-state index contributed by atoms with van der Waals surface area (Å²) in [5, 5.41) is 7.12. The van der Waals surface area contributed by atoms with Gasteiger partial charge in [0.05, 0.1) is 13.2 Å². The van der Waals surface area contributed by atoms with E-state index >= 15 is 0 Å². The Hall–Kier alpha value is -2.86. The van der Waals surface area contributed by atoms with Crippen molar-refractivity contribution in [3.05, 3.63) is 71.3 Å². The number of nitrogens with two attached hydrogens (primary N) is 1. The lowest BCUT2D eigenvalue weighted by atomic mass is 9.87. The van der Waals surface area contributed by atoms with Crippen molar-refractivity contribution in [1.82, 2.24) is 15.2 Å². The number of rotatable bonds is 6. The van der Waals surface area contributed by atoms with E-state index in [0.29, 0.717) is 18.3 Å². The first-order valence-electron chi connectivity index (χ1n) is 8.91. The van der Waals surface area contributed by atoms with Gasteiger partial charge >= 0.3 is 0 Å². The fourth-order valence-electron chi connectivity index (χ4n) is 2.70. The Morgan fingerprint density at radius 1 is 1.07 bits per heavy atom. The second-order valence-electron chi connectivity index (χ2n) is 7.46. The van der Waals surface area contributed by atoms with E-state index in [-0.39, 0.29) is 5.41 Å². The molecule has 6 heteroatoms. The first-order valence-corrected chi connectivity index (χ1v) is 8.91. The second kappa shape index (κ2) is 7.80. The van der Waals surface area contributed by atoms with Crippen LogP contribution < -0.4 is 15.2 Å². The number of nitrogens with zero attached hydrogens (tertiary/aromatic N) is 2. The topological polar surface area (TPSA) is 86.0 Å². The third-order valence-electron chi connectivity index (χ3n) is 4.38. The lowest BCUT2D eigenvalue weighted by Gasteiger charge is -2.19. The number of ether oxygens (including phenoxy) is 2. The monoisotopic (exact) mass is 366 g/mol. The van der Waals surface area contributed by atoms with E-state index < -0.39 is 6.04 Å². The van der Waals surface area contributed by atoms with Crippen LogP contribution in [0.4, 0.5) is 0 Å². The molecule has 1 aromatic heterocycles. The highest BCUT2D eigenvalue weighted by Gasteiger charge is 2.16. The van der Waals surface area contributed by atoms with E-state index in [9.17, 15) is 0 Å². The van der Waals surface area contributed by atoms with Crippen molar-refractivity contribution in [1.29, 1.82) is 0 Å². The molecule has 3 rings (SSSR count). The third kappa shape index (κ3) is 4.65. The summed E-state index contributed by atoms with van der Waals surface area (Å²) in [5.41, 5.74) is 8.55. The summed E-state index contributed by atoms with van der Waals surface area (Å²) in [4.78, 5) is 4.46. The Kier molecular flexibility index (Phi) is 5.46. The van der Waals surface area contributed by atoms with Crippen molar-refractivity contribution in [2.75, 3.05) is 7.11 Å². The molecular formula is C21H26N4O2. The van der Waals surface area contributed by atoms with Crippen LogP contribution in [0.15, 0.2) is 48.5 Å². The van der Waals surface area contributed by atoms with Crippen molar-refractivity contribution in [2.24, 2.45) is 5.73 Å². The van der Waals surface area contributed by atoms with Gasteiger partial charge in [0.2, 0.25) is 0 Å². The molecule has 1 heterocycles. The molecule has 0 radical (unpaired) electrons. The number of benzene rings is 2. The molecule has 0 spiro atoms. The minimum atomic E-state index is -0.434. The molecule has 6 nitrogen and oxygen atoms in total. The first kappa shape index (κ1) is 18.9. The van der Waals surface area contributed by atoms with Crippen molar-refractivity contribution in [3.63, 3.8) is 0 Å². The number of hydrogen-bond acceptors (Lipinski definition) is 5. The van der Waals surface area contributed by atoms with Gasteiger partial charge in [-0.15, -0.1) is 0 Å². The molecule has 0 fully saturated rings. The van der Waals surface area contributed by atoms with Crippen LogP contribution in [-0.4, -0.2) is 22.3 Å². The van der Waals surface area contributed by atoms with Crippen molar-refractivity contribution in [3.8, 4) is 11.5 Å². The molecule has 0 aliphatic rings. The summed E-state index contributed by atoms with van der Waals surface area (Å²) in [7, 11) is 1.63. The van der Waals surface area contributed by atoms with Crippen LogP contribution in [0.1, 0.15) is 49.6 Å². The normalized spacial score (nSPS) is 12.6. The van der Waals surface area contributed by atoms with Crippen LogP contribution in [0.2, 0.25) is 0 Å². The Bertz CT molecular complexity index is 882. The van der Waals surface area contributed by atoms with Gasteiger partial charge < -0.3 is 15.2 Å². The quantitative estimate of drug-likeness (QED) is 0.694. The zero-order chi connectivity index (χ0) is 19.4. The average Bonchev–Trinajstić information content (AvgIpc) is 3.14. The largest absolute Gasteiger partial charge is 0.497 e. The minimum absolute atomic E-state index is 0.120. The fourth-order valence-corrected chi connectivity index (χ4v) is 2.70. The molecule has 0 aliphatic carbocycles. The SMILES string of the molecule is COc1cccc([C@H](N)c2n[nH]c(COc3ccc(C(C)(C)C)cc3)n2)c1. The highest BCUT2D eigenvalue weighted by Crippen LogP contribution is 2.25. The van der Waals surface area contributed by atoms with Gasteiger partial charge in [-0.25, -0.2) is 4.98 Å². The van der Waals surface area contributed by atoms with E-state index in [4.69, 9.17) is 15.2 Å². The Morgan fingerprint density at radius 3 is 2.48 bits per heavy atom. The maximum absolute atomic E-state index is 6.28.